The number of hydrogen-bond acceptors (Lipinski definition) is 2. The van der Waals surface area contributed by atoms with Gasteiger partial charge in [-0.2, -0.15) is 0 Å². The van der Waals surface area contributed by atoms with E-state index < -0.39 is 11.4 Å². The van der Waals surface area contributed by atoms with E-state index >= 15 is 0 Å². The molecule has 2 fully saturated rings. The van der Waals surface area contributed by atoms with Gasteiger partial charge in [-0.15, -0.1) is 0 Å². The van der Waals surface area contributed by atoms with Crippen LogP contribution in [0.1, 0.15) is 33.1 Å². The largest absolute Gasteiger partial charge is 0.549 e. The lowest BCUT2D eigenvalue weighted by molar-refractivity contribution is -0.316. The summed E-state index contributed by atoms with van der Waals surface area (Å²) in [7, 11) is 0. The standard InChI is InChI=1S/C11H16O2/c1-7-10(2,3)8-4-5-11(7,6-8)9(12)13/h8H,1,4-6H2,2-3H3,(H,12,13)/p-1/t8-,11-/m0/s1. The maximum Gasteiger partial charge on any atom is 0.0517 e. The number of rotatable bonds is 1. The number of fused-ring (bicyclic) bond motifs is 2. The summed E-state index contributed by atoms with van der Waals surface area (Å²) in [4.78, 5) is 11.1. The maximum absolute atomic E-state index is 11.1. The fourth-order valence-corrected chi connectivity index (χ4v) is 3.11. The Kier molecular flexibility index (Phi) is 1.47. The Morgan fingerprint density at radius 3 is 2.54 bits per heavy atom. The van der Waals surface area contributed by atoms with Crippen LogP contribution in [0.15, 0.2) is 12.2 Å². The SMILES string of the molecule is C=C1C(C)(C)[C@H]2CC[C@]1(C(=O)[O-])C2. The molecular formula is C11H15O2-. The van der Waals surface area contributed by atoms with Crippen LogP contribution < -0.4 is 5.11 Å². The van der Waals surface area contributed by atoms with Gasteiger partial charge in [0.2, 0.25) is 0 Å². The number of aliphatic carboxylic acids is 1. The van der Waals surface area contributed by atoms with Crippen molar-refractivity contribution < 1.29 is 9.90 Å². The third kappa shape index (κ3) is 0.812. The zero-order valence-electron chi connectivity index (χ0n) is 8.22. The van der Waals surface area contributed by atoms with Crippen LogP contribution in [0.2, 0.25) is 0 Å². The molecule has 0 aromatic heterocycles. The summed E-state index contributed by atoms with van der Waals surface area (Å²) in [6.07, 6.45) is 2.50. The first-order valence-corrected chi connectivity index (χ1v) is 4.82. The first-order chi connectivity index (χ1) is 5.91. The number of carboxylic acids is 1. The molecule has 0 aliphatic heterocycles. The van der Waals surface area contributed by atoms with E-state index in [2.05, 4.69) is 20.4 Å². The number of hydrogen-bond donors (Lipinski definition) is 0. The molecule has 2 heteroatoms. The maximum atomic E-state index is 11.1. The molecule has 2 saturated carbocycles. The van der Waals surface area contributed by atoms with E-state index in [1.807, 2.05) is 0 Å². The average Bonchev–Trinajstić information content (AvgIpc) is 2.53. The van der Waals surface area contributed by atoms with Gasteiger partial charge in [0, 0.05) is 5.41 Å². The van der Waals surface area contributed by atoms with Gasteiger partial charge in [-0.05, 0) is 30.6 Å². The Balaban J connectivity index is 2.46. The van der Waals surface area contributed by atoms with E-state index in [1.165, 1.54) is 0 Å². The minimum absolute atomic E-state index is 0.00167. The van der Waals surface area contributed by atoms with Crippen LogP contribution in [0.25, 0.3) is 0 Å². The van der Waals surface area contributed by atoms with Crippen molar-refractivity contribution in [2.24, 2.45) is 16.7 Å². The molecule has 2 rings (SSSR count). The van der Waals surface area contributed by atoms with Gasteiger partial charge in [-0.1, -0.05) is 26.0 Å². The first kappa shape index (κ1) is 8.79. The van der Waals surface area contributed by atoms with E-state index in [1.54, 1.807) is 0 Å². The normalized spacial score (nSPS) is 41.1. The Hall–Kier alpha value is -0.790. The molecule has 0 radical (unpaired) electrons. The lowest BCUT2D eigenvalue weighted by Gasteiger charge is -2.38. The quantitative estimate of drug-likeness (QED) is 0.566. The van der Waals surface area contributed by atoms with Gasteiger partial charge in [0.1, 0.15) is 0 Å². The van der Waals surface area contributed by atoms with Crippen LogP contribution in [0.4, 0.5) is 0 Å². The molecule has 0 aromatic rings. The Bertz CT molecular complexity index is 290. The summed E-state index contributed by atoms with van der Waals surface area (Å²) in [6.45, 7) is 8.16. The van der Waals surface area contributed by atoms with Gasteiger partial charge in [0.05, 0.1) is 5.97 Å². The summed E-state index contributed by atoms with van der Waals surface area (Å²) in [5, 5.41) is 11.1. The molecule has 0 heterocycles. The zero-order chi connectivity index (χ0) is 9.85. The summed E-state index contributed by atoms with van der Waals surface area (Å²) < 4.78 is 0. The second kappa shape index (κ2) is 2.17. The third-order valence-corrected chi connectivity index (χ3v) is 4.28. The molecule has 2 aliphatic rings. The van der Waals surface area contributed by atoms with Crippen molar-refractivity contribution in [2.75, 3.05) is 0 Å². The van der Waals surface area contributed by atoms with E-state index in [4.69, 9.17) is 0 Å². The lowest BCUT2D eigenvalue weighted by Crippen LogP contribution is -2.42. The third-order valence-electron chi connectivity index (χ3n) is 4.28. The molecule has 13 heavy (non-hydrogen) atoms. The van der Waals surface area contributed by atoms with Crippen LogP contribution in [0, 0.1) is 16.7 Å². The Morgan fingerprint density at radius 2 is 2.23 bits per heavy atom. The smallest absolute Gasteiger partial charge is 0.0517 e. The predicted molar refractivity (Wildman–Crippen MR) is 47.7 cm³/mol. The molecular weight excluding hydrogens is 164 g/mol. The van der Waals surface area contributed by atoms with Crippen LogP contribution in [0.5, 0.6) is 0 Å². The highest BCUT2D eigenvalue weighted by atomic mass is 16.4. The summed E-state index contributed by atoms with van der Waals surface area (Å²) in [6, 6.07) is 0. The molecule has 2 aliphatic carbocycles. The van der Waals surface area contributed by atoms with Crippen molar-refractivity contribution in [1.82, 2.24) is 0 Å². The van der Waals surface area contributed by atoms with Crippen molar-refractivity contribution in [2.45, 2.75) is 33.1 Å². The summed E-state index contributed by atoms with van der Waals surface area (Å²) >= 11 is 0. The van der Waals surface area contributed by atoms with Crippen molar-refractivity contribution in [1.29, 1.82) is 0 Å². The number of carboxylic acid groups (broad SMARTS) is 1. The molecule has 0 spiro atoms. The molecule has 0 aromatic carbocycles. The van der Waals surface area contributed by atoms with Crippen LogP contribution in [-0.2, 0) is 4.79 Å². The second-order valence-electron chi connectivity index (χ2n) is 5.01. The van der Waals surface area contributed by atoms with E-state index in [0.717, 1.165) is 24.8 Å². The molecule has 0 amide bonds. The lowest BCUT2D eigenvalue weighted by atomic mass is 9.68. The first-order valence-electron chi connectivity index (χ1n) is 4.82. The number of carbonyl (C=O) groups excluding carboxylic acids is 1. The highest BCUT2D eigenvalue weighted by Gasteiger charge is 2.57. The van der Waals surface area contributed by atoms with Gasteiger partial charge < -0.3 is 9.90 Å². The van der Waals surface area contributed by atoms with Crippen LogP contribution in [-0.4, -0.2) is 5.97 Å². The van der Waals surface area contributed by atoms with Crippen molar-refractivity contribution in [3.63, 3.8) is 0 Å². The molecule has 2 nitrogen and oxygen atoms in total. The van der Waals surface area contributed by atoms with Gasteiger partial charge in [-0.25, -0.2) is 0 Å². The molecule has 72 valence electrons. The molecule has 2 bridgehead atoms. The van der Waals surface area contributed by atoms with E-state index in [-0.39, 0.29) is 5.41 Å². The van der Waals surface area contributed by atoms with Crippen molar-refractivity contribution >= 4 is 5.97 Å². The fraction of sp³-hybridized carbons (Fsp3) is 0.727. The minimum atomic E-state index is -0.912. The van der Waals surface area contributed by atoms with E-state index in [9.17, 15) is 9.90 Å². The van der Waals surface area contributed by atoms with Gasteiger partial charge in [0.15, 0.2) is 0 Å². The van der Waals surface area contributed by atoms with Gasteiger partial charge in [0.25, 0.3) is 0 Å². The second-order valence-corrected chi connectivity index (χ2v) is 5.01. The van der Waals surface area contributed by atoms with Crippen molar-refractivity contribution in [3.8, 4) is 0 Å². The monoisotopic (exact) mass is 179 g/mol. The van der Waals surface area contributed by atoms with Crippen LogP contribution >= 0.6 is 0 Å². The van der Waals surface area contributed by atoms with E-state index in [0.29, 0.717) is 5.92 Å². The summed E-state index contributed by atoms with van der Waals surface area (Å²) in [5.74, 6) is -0.413. The minimum Gasteiger partial charge on any atom is -0.549 e. The molecule has 0 unspecified atom stereocenters. The highest BCUT2D eigenvalue weighted by molar-refractivity contribution is 5.79. The highest BCUT2D eigenvalue weighted by Crippen LogP contribution is 2.65. The fourth-order valence-electron chi connectivity index (χ4n) is 3.11. The Labute approximate surface area is 78.6 Å². The average molecular weight is 179 g/mol. The van der Waals surface area contributed by atoms with Gasteiger partial charge in [-0.3, -0.25) is 0 Å². The van der Waals surface area contributed by atoms with Crippen LogP contribution in [0.3, 0.4) is 0 Å². The molecule has 0 N–H and O–H groups in total. The number of carbonyl (C=O) groups is 1. The molecule has 0 saturated heterocycles. The summed E-state index contributed by atoms with van der Waals surface area (Å²) in [5.41, 5.74) is 0.197. The Morgan fingerprint density at radius 1 is 1.62 bits per heavy atom. The van der Waals surface area contributed by atoms with Gasteiger partial charge >= 0.3 is 0 Å². The molecule has 2 atom stereocenters. The zero-order valence-corrected chi connectivity index (χ0v) is 8.22. The predicted octanol–water partition coefficient (Wildman–Crippen LogP) is 1.12. The topological polar surface area (TPSA) is 40.1 Å². The van der Waals surface area contributed by atoms with Crippen molar-refractivity contribution in [3.05, 3.63) is 12.2 Å².